The molecule has 29 heavy (non-hydrogen) atoms. The predicted molar refractivity (Wildman–Crippen MR) is 115 cm³/mol. The Morgan fingerprint density at radius 3 is 2.62 bits per heavy atom. The highest BCUT2D eigenvalue weighted by molar-refractivity contribution is 5.99. The maximum Gasteiger partial charge on any atom is 0.254 e. The summed E-state index contributed by atoms with van der Waals surface area (Å²) in [6.07, 6.45) is 1.48. The number of carbonyl (C=O) groups excluding carboxylic acids is 2. The zero-order valence-electron chi connectivity index (χ0n) is 16.3. The summed E-state index contributed by atoms with van der Waals surface area (Å²) in [6.45, 7) is 3.45. The number of fused-ring (bicyclic) bond motifs is 1. The van der Waals surface area contributed by atoms with Crippen molar-refractivity contribution in [2.45, 2.75) is 18.9 Å². The van der Waals surface area contributed by atoms with Crippen molar-refractivity contribution in [2.24, 2.45) is 11.8 Å². The van der Waals surface area contributed by atoms with Gasteiger partial charge in [0, 0.05) is 49.8 Å². The lowest BCUT2D eigenvalue weighted by molar-refractivity contribution is -0.117. The molecule has 6 heteroatoms. The van der Waals surface area contributed by atoms with Gasteiger partial charge in [0.1, 0.15) is 0 Å². The maximum atomic E-state index is 13.5. The average molecular weight is 412 g/mol. The van der Waals surface area contributed by atoms with Crippen molar-refractivity contribution in [1.82, 2.24) is 10.2 Å². The summed E-state index contributed by atoms with van der Waals surface area (Å²) in [4.78, 5) is 29.5. The summed E-state index contributed by atoms with van der Waals surface area (Å²) in [7, 11) is 0. The standard InChI is InChI=1S/C23H25N3O2.ClH/c27-21-10-5-11-25(21)19-9-4-8-17(12-19)23(28)26-15-18-13-24-14-20(18)22(26)16-6-2-1-3-7-16;/h1-4,6-9,12,18,20,22,24H,5,10-11,13-15H2;1H/t18-,20-,22+;/m0./s1. The van der Waals surface area contributed by atoms with Crippen molar-refractivity contribution in [3.05, 3.63) is 65.7 Å². The smallest absolute Gasteiger partial charge is 0.254 e. The number of benzene rings is 2. The van der Waals surface area contributed by atoms with Crippen molar-refractivity contribution in [3.63, 3.8) is 0 Å². The normalized spacial score (nSPS) is 25.8. The summed E-state index contributed by atoms with van der Waals surface area (Å²) in [5.41, 5.74) is 2.72. The van der Waals surface area contributed by atoms with Crippen LogP contribution in [0.3, 0.4) is 0 Å². The lowest BCUT2D eigenvalue weighted by Crippen LogP contribution is -2.35. The Balaban J connectivity index is 0.00000205. The van der Waals surface area contributed by atoms with Gasteiger partial charge in [0.15, 0.2) is 0 Å². The number of carbonyl (C=O) groups is 2. The van der Waals surface area contributed by atoms with E-state index in [1.54, 1.807) is 4.90 Å². The number of halogens is 1. The third-order valence-electron chi connectivity index (χ3n) is 6.44. The molecule has 0 aromatic heterocycles. The van der Waals surface area contributed by atoms with Crippen LogP contribution in [0.2, 0.25) is 0 Å². The van der Waals surface area contributed by atoms with E-state index in [-0.39, 0.29) is 30.3 Å². The molecule has 0 bridgehead atoms. The molecule has 2 aromatic rings. The van der Waals surface area contributed by atoms with E-state index in [2.05, 4.69) is 22.3 Å². The van der Waals surface area contributed by atoms with Gasteiger partial charge in [-0.2, -0.15) is 0 Å². The van der Waals surface area contributed by atoms with Crippen LogP contribution in [0.5, 0.6) is 0 Å². The van der Waals surface area contributed by atoms with Crippen molar-refractivity contribution in [3.8, 4) is 0 Å². The Morgan fingerprint density at radius 1 is 1.03 bits per heavy atom. The second-order valence-electron chi connectivity index (χ2n) is 8.09. The molecule has 5 nitrogen and oxygen atoms in total. The van der Waals surface area contributed by atoms with Gasteiger partial charge in [0.25, 0.3) is 5.91 Å². The monoisotopic (exact) mass is 411 g/mol. The van der Waals surface area contributed by atoms with Crippen LogP contribution in [-0.4, -0.2) is 42.9 Å². The fourth-order valence-corrected chi connectivity index (χ4v) is 5.10. The molecule has 1 N–H and O–H groups in total. The van der Waals surface area contributed by atoms with E-state index in [1.165, 1.54) is 5.56 Å². The van der Waals surface area contributed by atoms with Crippen LogP contribution in [0, 0.1) is 11.8 Å². The highest BCUT2D eigenvalue weighted by atomic mass is 35.5. The zero-order valence-corrected chi connectivity index (χ0v) is 17.1. The third kappa shape index (κ3) is 3.53. The largest absolute Gasteiger partial charge is 0.331 e. The van der Waals surface area contributed by atoms with Crippen LogP contribution in [0.1, 0.15) is 34.8 Å². The average Bonchev–Trinajstić information content (AvgIpc) is 3.43. The molecule has 3 fully saturated rings. The Labute approximate surface area is 177 Å². The molecule has 0 saturated carbocycles. The fraction of sp³-hybridized carbons (Fsp3) is 0.391. The van der Waals surface area contributed by atoms with Gasteiger partial charge in [-0.15, -0.1) is 12.4 Å². The van der Waals surface area contributed by atoms with E-state index in [9.17, 15) is 9.59 Å². The van der Waals surface area contributed by atoms with Crippen LogP contribution in [0.25, 0.3) is 0 Å². The topological polar surface area (TPSA) is 52.7 Å². The second kappa shape index (κ2) is 8.17. The molecule has 0 radical (unpaired) electrons. The number of likely N-dealkylation sites (tertiary alicyclic amines) is 1. The van der Waals surface area contributed by atoms with Gasteiger partial charge in [-0.05, 0) is 36.1 Å². The van der Waals surface area contributed by atoms with Crippen molar-refractivity contribution < 1.29 is 9.59 Å². The Kier molecular flexibility index (Phi) is 5.61. The molecular weight excluding hydrogens is 386 g/mol. The first-order valence-corrected chi connectivity index (χ1v) is 10.2. The van der Waals surface area contributed by atoms with Crippen molar-refractivity contribution in [1.29, 1.82) is 0 Å². The molecular formula is C23H26ClN3O2. The molecule has 2 amide bonds. The fourth-order valence-electron chi connectivity index (χ4n) is 5.10. The zero-order chi connectivity index (χ0) is 19.1. The van der Waals surface area contributed by atoms with Crippen molar-refractivity contribution in [2.75, 3.05) is 31.1 Å². The minimum atomic E-state index is 0. The van der Waals surface area contributed by atoms with Crippen LogP contribution in [0.4, 0.5) is 5.69 Å². The number of nitrogens with one attached hydrogen (secondary N) is 1. The molecule has 0 unspecified atom stereocenters. The lowest BCUT2D eigenvalue weighted by Gasteiger charge is -2.29. The van der Waals surface area contributed by atoms with Crippen LogP contribution in [0.15, 0.2) is 54.6 Å². The van der Waals surface area contributed by atoms with Gasteiger partial charge in [-0.1, -0.05) is 36.4 Å². The summed E-state index contributed by atoms with van der Waals surface area (Å²) in [5.74, 6) is 1.16. The quantitative estimate of drug-likeness (QED) is 0.843. The van der Waals surface area contributed by atoms with Gasteiger partial charge in [-0.25, -0.2) is 0 Å². The molecule has 3 aliphatic heterocycles. The first-order valence-electron chi connectivity index (χ1n) is 10.2. The number of rotatable bonds is 3. The molecule has 0 spiro atoms. The number of nitrogens with zero attached hydrogens (tertiary/aromatic N) is 2. The van der Waals surface area contributed by atoms with E-state index < -0.39 is 0 Å². The lowest BCUT2D eigenvalue weighted by atomic mass is 9.89. The first kappa shape index (κ1) is 19.9. The van der Waals surface area contributed by atoms with E-state index in [1.807, 2.05) is 42.5 Å². The number of anilines is 1. The minimum absolute atomic E-state index is 0. The molecule has 3 aliphatic rings. The Morgan fingerprint density at radius 2 is 1.86 bits per heavy atom. The van der Waals surface area contributed by atoms with Gasteiger partial charge >= 0.3 is 0 Å². The molecule has 3 atom stereocenters. The summed E-state index contributed by atoms with van der Waals surface area (Å²) in [6, 6.07) is 18.1. The van der Waals surface area contributed by atoms with E-state index in [4.69, 9.17) is 0 Å². The summed E-state index contributed by atoms with van der Waals surface area (Å²) < 4.78 is 0. The van der Waals surface area contributed by atoms with Crippen molar-refractivity contribution >= 4 is 29.9 Å². The Hall–Kier alpha value is -2.37. The van der Waals surface area contributed by atoms with Crippen LogP contribution < -0.4 is 10.2 Å². The number of hydrogen-bond acceptors (Lipinski definition) is 3. The van der Waals surface area contributed by atoms with E-state index in [0.717, 1.165) is 38.3 Å². The first-order chi connectivity index (χ1) is 13.7. The van der Waals surface area contributed by atoms with Gasteiger partial charge in [0.05, 0.1) is 6.04 Å². The SMILES string of the molecule is Cl.O=C1CCCN1c1cccc(C(=O)N2C[C@@H]3CNC[C@@H]3[C@H]2c2ccccc2)c1. The molecule has 0 aliphatic carbocycles. The highest BCUT2D eigenvalue weighted by Gasteiger charge is 2.46. The summed E-state index contributed by atoms with van der Waals surface area (Å²) >= 11 is 0. The van der Waals surface area contributed by atoms with Gasteiger partial charge < -0.3 is 15.1 Å². The van der Waals surface area contributed by atoms with Crippen LogP contribution >= 0.6 is 12.4 Å². The number of hydrogen-bond donors (Lipinski definition) is 1. The molecule has 5 rings (SSSR count). The van der Waals surface area contributed by atoms with E-state index >= 15 is 0 Å². The van der Waals surface area contributed by atoms with Gasteiger partial charge in [-0.3, -0.25) is 9.59 Å². The second-order valence-corrected chi connectivity index (χ2v) is 8.09. The summed E-state index contributed by atoms with van der Waals surface area (Å²) in [5, 5.41) is 3.49. The maximum absolute atomic E-state index is 13.5. The van der Waals surface area contributed by atoms with Crippen LogP contribution in [-0.2, 0) is 4.79 Å². The molecule has 152 valence electrons. The molecule has 3 saturated heterocycles. The minimum Gasteiger partial charge on any atom is -0.331 e. The number of amides is 2. The Bertz CT molecular complexity index is 904. The third-order valence-corrected chi connectivity index (χ3v) is 6.44. The van der Waals surface area contributed by atoms with Gasteiger partial charge in [0.2, 0.25) is 5.91 Å². The highest BCUT2D eigenvalue weighted by Crippen LogP contribution is 2.43. The predicted octanol–water partition coefficient (Wildman–Crippen LogP) is 3.27. The molecule has 2 aromatic carbocycles. The van der Waals surface area contributed by atoms with E-state index in [0.29, 0.717) is 23.8 Å². The molecule has 3 heterocycles.